The molecular formula is C17H26Cl3F3N2. The molecule has 0 unspecified atom stereocenters. The van der Waals surface area contributed by atoms with Gasteiger partial charge in [-0.1, -0.05) is 31.5 Å². The molecule has 25 heavy (non-hydrogen) atoms. The monoisotopic (exact) mass is 420 g/mol. The van der Waals surface area contributed by atoms with Crippen LogP contribution in [0.25, 0.3) is 0 Å². The molecule has 0 aliphatic carbocycles. The van der Waals surface area contributed by atoms with E-state index in [4.69, 9.17) is 11.6 Å². The minimum atomic E-state index is -4.40. The third-order valence-corrected chi connectivity index (χ3v) is 4.61. The minimum Gasteiger partial charge on any atom is -0.314 e. The quantitative estimate of drug-likeness (QED) is 0.667. The summed E-state index contributed by atoms with van der Waals surface area (Å²) in [6, 6.07) is 4.32. The number of nitrogens with zero attached hydrogens (tertiary/aromatic N) is 1. The van der Waals surface area contributed by atoms with Crippen molar-refractivity contribution in [2.75, 3.05) is 26.2 Å². The van der Waals surface area contributed by atoms with Gasteiger partial charge in [0.1, 0.15) is 0 Å². The zero-order chi connectivity index (χ0) is 17.0. The smallest absolute Gasteiger partial charge is 0.314 e. The second kappa shape index (κ2) is 10.8. The number of hydrogen-bond acceptors (Lipinski definition) is 2. The third-order valence-electron chi connectivity index (χ3n) is 4.29. The first kappa shape index (κ1) is 24.8. The summed E-state index contributed by atoms with van der Waals surface area (Å²) < 4.78 is 38.7. The number of nitrogens with one attached hydrogen (secondary N) is 1. The Bertz CT molecular complexity index is 518. The van der Waals surface area contributed by atoms with Crippen LogP contribution < -0.4 is 5.32 Å². The number of piperazine rings is 1. The molecule has 0 bridgehead atoms. The van der Waals surface area contributed by atoms with Gasteiger partial charge in [0.15, 0.2) is 0 Å². The van der Waals surface area contributed by atoms with Crippen LogP contribution in [0.5, 0.6) is 0 Å². The van der Waals surface area contributed by atoms with Crippen molar-refractivity contribution in [3.8, 4) is 0 Å². The fourth-order valence-corrected chi connectivity index (χ4v) is 3.31. The van der Waals surface area contributed by atoms with E-state index in [0.717, 1.165) is 50.7 Å². The molecule has 0 saturated carbocycles. The molecular weight excluding hydrogens is 396 g/mol. The highest BCUT2D eigenvalue weighted by molar-refractivity contribution is 6.31. The Morgan fingerprint density at radius 3 is 2.20 bits per heavy atom. The first-order valence-electron chi connectivity index (χ1n) is 8.10. The summed E-state index contributed by atoms with van der Waals surface area (Å²) in [7, 11) is 0. The van der Waals surface area contributed by atoms with Crippen LogP contribution in [0.4, 0.5) is 13.2 Å². The van der Waals surface area contributed by atoms with E-state index in [1.165, 1.54) is 6.07 Å². The first-order valence-corrected chi connectivity index (χ1v) is 8.48. The van der Waals surface area contributed by atoms with Gasteiger partial charge in [-0.05, 0) is 36.5 Å². The molecule has 0 spiro atoms. The molecule has 2 rings (SSSR count). The maximum absolute atomic E-state index is 12.9. The van der Waals surface area contributed by atoms with Gasteiger partial charge < -0.3 is 5.32 Å². The number of hydrogen-bond donors (Lipinski definition) is 1. The Balaban J connectivity index is 0.00000288. The van der Waals surface area contributed by atoms with Gasteiger partial charge in [0, 0.05) is 32.2 Å². The Labute approximate surface area is 165 Å². The standard InChI is InChI=1S/C17H24ClF3N2.2ClH/c1-12(2)3-6-16(23-9-7-22-8-10-23)13-4-5-14(15(18)11-13)17(19,20)21;;/h4-5,11-12,16,22H,3,6-10H2,1-2H3;2*1H/t16-;;/m1../s1. The molecule has 1 saturated heterocycles. The molecule has 1 atom stereocenters. The van der Waals surface area contributed by atoms with E-state index in [0.29, 0.717) is 5.92 Å². The average Bonchev–Trinajstić information content (AvgIpc) is 2.47. The van der Waals surface area contributed by atoms with Gasteiger partial charge in [0.05, 0.1) is 10.6 Å². The fraction of sp³-hybridized carbons (Fsp3) is 0.647. The lowest BCUT2D eigenvalue weighted by Crippen LogP contribution is -2.45. The molecule has 2 nitrogen and oxygen atoms in total. The zero-order valence-corrected chi connectivity index (χ0v) is 16.8. The Kier molecular flexibility index (Phi) is 10.7. The maximum Gasteiger partial charge on any atom is 0.417 e. The average molecular weight is 422 g/mol. The van der Waals surface area contributed by atoms with Gasteiger partial charge in [0.2, 0.25) is 0 Å². The molecule has 1 aliphatic heterocycles. The SMILES string of the molecule is CC(C)CC[C@H](c1ccc(C(F)(F)F)c(Cl)c1)N1CCNCC1.Cl.Cl. The van der Waals surface area contributed by atoms with Crippen LogP contribution in [0.15, 0.2) is 18.2 Å². The van der Waals surface area contributed by atoms with Crippen LogP contribution in [0.3, 0.4) is 0 Å². The van der Waals surface area contributed by atoms with Gasteiger partial charge in [-0.25, -0.2) is 0 Å². The predicted octanol–water partition coefficient (Wildman–Crippen LogP) is 5.58. The topological polar surface area (TPSA) is 15.3 Å². The van der Waals surface area contributed by atoms with Crippen molar-refractivity contribution in [2.24, 2.45) is 5.92 Å². The largest absolute Gasteiger partial charge is 0.417 e. The Hall–Kier alpha value is -0.200. The van der Waals surface area contributed by atoms with Crippen molar-refractivity contribution in [1.82, 2.24) is 10.2 Å². The zero-order valence-electron chi connectivity index (χ0n) is 14.4. The van der Waals surface area contributed by atoms with Crippen LogP contribution in [0.1, 0.15) is 43.9 Å². The summed E-state index contributed by atoms with van der Waals surface area (Å²) in [6.07, 6.45) is -2.44. The van der Waals surface area contributed by atoms with Gasteiger partial charge in [0.25, 0.3) is 0 Å². The molecule has 0 radical (unpaired) electrons. The highest BCUT2D eigenvalue weighted by atomic mass is 35.5. The molecule has 1 heterocycles. The second-order valence-electron chi connectivity index (χ2n) is 6.51. The van der Waals surface area contributed by atoms with Gasteiger partial charge in [-0.2, -0.15) is 13.2 Å². The van der Waals surface area contributed by atoms with Crippen molar-refractivity contribution < 1.29 is 13.2 Å². The van der Waals surface area contributed by atoms with Crippen LogP contribution in [0, 0.1) is 5.92 Å². The summed E-state index contributed by atoms with van der Waals surface area (Å²) in [5.41, 5.74) is 0.122. The van der Waals surface area contributed by atoms with Crippen LogP contribution >= 0.6 is 36.4 Å². The van der Waals surface area contributed by atoms with Crippen LogP contribution in [0.2, 0.25) is 5.02 Å². The van der Waals surface area contributed by atoms with Crippen molar-refractivity contribution in [3.63, 3.8) is 0 Å². The Morgan fingerprint density at radius 2 is 1.72 bits per heavy atom. The molecule has 1 N–H and O–H groups in total. The summed E-state index contributed by atoms with van der Waals surface area (Å²) in [6.45, 7) is 7.95. The highest BCUT2D eigenvalue weighted by Gasteiger charge is 2.33. The Morgan fingerprint density at radius 1 is 1.12 bits per heavy atom. The van der Waals surface area contributed by atoms with E-state index >= 15 is 0 Å². The molecule has 1 aliphatic rings. The fourth-order valence-electron chi connectivity index (χ4n) is 3.01. The normalized spacial score (nSPS) is 16.9. The number of rotatable bonds is 5. The molecule has 0 aromatic heterocycles. The van der Waals surface area contributed by atoms with E-state index in [1.807, 2.05) is 0 Å². The minimum absolute atomic E-state index is 0. The lowest BCUT2D eigenvalue weighted by Gasteiger charge is -2.36. The lowest BCUT2D eigenvalue weighted by atomic mass is 9.95. The summed E-state index contributed by atoms with van der Waals surface area (Å²) >= 11 is 5.91. The van der Waals surface area contributed by atoms with Gasteiger partial charge >= 0.3 is 6.18 Å². The maximum atomic E-state index is 12.9. The summed E-state index contributed by atoms with van der Waals surface area (Å²) in [4.78, 5) is 2.35. The first-order chi connectivity index (χ1) is 10.8. The lowest BCUT2D eigenvalue weighted by molar-refractivity contribution is -0.137. The summed E-state index contributed by atoms with van der Waals surface area (Å²) in [5, 5.41) is 3.10. The van der Waals surface area contributed by atoms with Crippen LogP contribution in [-0.2, 0) is 6.18 Å². The molecule has 8 heteroatoms. The van der Waals surface area contributed by atoms with E-state index < -0.39 is 11.7 Å². The van der Waals surface area contributed by atoms with Crippen molar-refractivity contribution in [2.45, 2.75) is 38.9 Å². The highest BCUT2D eigenvalue weighted by Crippen LogP contribution is 2.37. The van der Waals surface area contributed by atoms with E-state index in [1.54, 1.807) is 6.07 Å². The van der Waals surface area contributed by atoms with Gasteiger partial charge in [-0.3, -0.25) is 4.90 Å². The second-order valence-corrected chi connectivity index (χ2v) is 6.92. The molecule has 1 aromatic carbocycles. The van der Waals surface area contributed by atoms with E-state index in [-0.39, 0.29) is 35.9 Å². The third kappa shape index (κ3) is 7.14. The number of halogens is 6. The number of alkyl halides is 3. The number of benzene rings is 1. The van der Waals surface area contributed by atoms with Crippen molar-refractivity contribution in [3.05, 3.63) is 34.3 Å². The van der Waals surface area contributed by atoms with Crippen LogP contribution in [-0.4, -0.2) is 31.1 Å². The summed E-state index contributed by atoms with van der Waals surface area (Å²) in [5.74, 6) is 0.560. The van der Waals surface area contributed by atoms with E-state index in [2.05, 4.69) is 24.1 Å². The molecule has 1 fully saturated rings. The van der Waals surface area contributed by atoms with Gasteiger partial charge in [-0.15, -0.1) is 24.8 Å². The molecule has 0 amide bonds. The van der Waals surface area contributed by atoms with Crippen molar-refractivity contribution >= 4 is 36.4 Å². The predicted molar refractivity (Wildman–Crippen MR) is 102 cm³/mol. The van der Waals surface area contributed by atoms with E-state index in [9.17, 15) is 13.2 Å². The molecule has 146 valence electrons. The van der Waals surface area contributed by atoms with Crippen molar-refractivity contribution in [1.29, 1.82) is 0 Å². The molecule has 1 aromatic rings.